The number of nitrogens with one attached hydrogen (secondary N) is 7. The second-order valence-electron chi connectivity index (χ2n) is 17.2. The molecule has 0 aromatic heterocycles. The van der Waals surface area contributed by atoms with E-state index in [-0.39, 0.29) is 19.3 Å². The second-order valence-corrected chi connectivity index (χ2v) is 17.2. The fourth-order valence-electron chi connectivity index (χ4n) is 7.11. The molecule has 1 saturated heterocycles. The molecule has 0 radical (unpaired) electrons. The van der Waals surface area contributed by atoms with Crippen molar-refractivity contribution in [3.8, 4) is 0 Å². The zero-order valence-electron chi connectivity index (χ0n) is 36.5. The van der Waals surface area contributed by atoms with Gasteiger partial charge in [0.25, 0.3) is 0 Å². The summed E-state index contributed by atoms with van der Waals surface area (Å²) in [6, 6.07) is 19.1. The first-order valence-electron chi connectivity index (χ1n) is 21.2. The van der Waals surface area contributed by atoms with Crippen LogP contribution in [0.3, 0.4) is 0 Å². The Morgan fingerprint density at radius 3 is 0.754 bits per heavy atom. The van der Waals surface area contributed by atoms with Crippen LogP contribution in [0.25, 0.3) is 0 Å². The average molecular weight is 838 g/mol. The summed E-state index contributed by atoms with van der Waals surface area (Å²) >= 11 is 0. The van der Waals surface area contributed by atoms with E-state index < -0.39 is 107 Å². The normalized spacial score (nSPS) is 24.2. The summed E-state index contributed by atoms with van der Waals surface area (Å²) < 4.78 is 0. The molecule has 0 bridgehead atoms. The molecule has 328 valence electrons. The van der Waals surface area contributed by atoms with Crippen molar-refractivity contribution in [2.45, 2.75) is 117 Å². The van der Waals surface area contributed by atoms with E-state index in [0.717, 1.165) is 16.7 Å². The van der Waals surface area contributed by atoms with Crippen molar-refractivity contribution in [2.24, 2.45) is 23.7 Å². The van der Waals surface area contributed by atoms with Gasteiger partial charge in [0.1, 0.15) is 42.3 Å². The van der Waals surface area contributed by atoms with Gasteiger partial charge in [0.15, 0.2) is 0 Å². The van der Waals surface area contributed by atoms with Gasteiger partial charge < -0.3 is 37.2 Å². The zero-order valence-corrected chi connectivity index (χ0v) is 36.5. The van der Waals surface area contributed by atoms with Crippen LogP contribution in [-0.4, -0.2) is 83.6 Å². The van der Waals surface area contributed by atoms with E-state index >= 15 is 0 Å². The van der Waals surface area contributed by atoms with E-state index in [1.165, 1.54) is 0 Å². The van der Waals surface area contributed by atoms with Gasteiger partial charge in [0, 0.05) is 19.3 Å². The Morgan fingerprint density at radius 2 is 0.508 bits per heavy atom. The summed E-state index contributed by atoms with van der Waals surface area (Å²) in [5.74, 6) is -6.32. The predicted octanol–water partition coefficient (Wildman–Crippen LogP) is 2.75. The van der Waals surface area contributed by atoms with Crippen molar-refractivity contribution in [1.82, 2.24) is 37.2 Å². The van der Waals surface area contributed by atoms with Crippen LogP contribution in [0.1, 0.15) is 72.1 Å². The summed E-state index contributed by atoms with van der Waals surface area (Å²) in [7, 11) is 0. The Morgan fingerprint density at radius 1 is 0.311 bits per heavy atom. The Labute approximate surface area is 359 Å². The Hall–Kier alpha value is -6.05. The predicted molar refractivity (Wildman–Crippen MR) is 233 cm³/mol. The standard InChI is InChI=1S/C47H63N7O7/c1-27(2)37-44(58)49-34(24-31-18-12-9-13-19-31)41(55)48-35(25-32-20-14-10-15-21-32)42(56)52-39(29(5)6)46(60)54-40(30(7)8)47(61)53-38(28(3)4)45(59)50-36(43(57)51-37)26-33-22-16-11-17-23-33/h9-23,27-30,34-40H,24-26H2,1-8H3,(H,48,55)(H,49,58)(H,50,59)(H,51,57)(H,52,56)(H,53,61)(H,54,60). The van der Waals surface area contributed by atoms with E-state index in [0.29, 0.717) is 0 Å². The largest absolute Gasteiger partial charge is 0.342 e. The van der Waals surface area contributed by atoms with E-state index in [2.05, 4.69) is 37.2 Å². The van der Waals surface area contributed by atoms with Crippen molar-refractivity contribution in [1.29, 1.82) is 0 Å². The molecule has 3 aromatic carbocycles. The number of amides is 7. The molecule has 0 spiro atoms. The molecule has 1 aliphatic rings. The minimum absolute atomic E-state index is 0.0504. The number of benzene rings is 3. The quantitative estimate of drug-likeness (QED) is 0.163. The van der Waals surface area contributed by atoms with Crippen LogP contribution in [0.2, 0.25) is 0 Å². The maximum atomic E-state index is 14.4. The molecule has 1 fully saturated rings. The maximum absolute atomic E-state index is 14.4. The third-order valence-electron chi connectivity index (χ3n) is 10.7. The van der Waals surface area contributed by atoms with Crippen LogP contribution in [0.4, 0.5) is 0 Å². The van der Waals surface area contributed by atoms with E-state index in [1.807, 2.05) is 54.6 Å². The second kappa shape index (κ2) is 22.5. The number of hydrogen-bond donors (Lipinski definition) is 7. The Kier molecular flexibility index (Phi) is 17.6. The number of hydrogen-bond acceptors (Lipinski definition) is 7. The molecule has 0 saturated carbocycles. The third-order valence-corrected chi connectivity index (χ3v) is 10.7. The summed E-state index contributed by atoms with van der Waals surface area (Å²) in [5.41, 5.74) is 2.20. The average Bonchev–Trinajstić information content (AvgIpc) is 3.22. The molecule has 7 atom stereocenters. The minimum atomic E-state index is -1.20. The monoisotopic (exact) mass is 837 g/mol. The molecule has 7 unspecified atom stereocenters. The van der Waals surface area contributed by atoms with E-state index in [1.54, 1.807) is 91.8 Å². The Balaban J connectivity index is 1.83. The lowest BCUT2D eigenvalue weighted by Gasteiger charge is -2.30. The highest BCUT2D eigenvalue weighted by molar-refractivity contribution is 5.99. The summed E-state index contributed by atoms with van der Waals surface area (Å²) in [4.78, 5) is 99.4. The van der Waals surface area contributed by atoms with Gasteiger partial charge >= 0.3 is 0 Å². The molecule has 7 N–H and O–H groups in total. The van der Waals surface area contributed by atoms with Gasteiger partial charge in [-0.3, -0.25) is 33.6 Å². The van der Waals surface area contributed by atoms with Crippen molar-refractivity contribution >= 4 is 41.4 Å². The molecule has 14 heteroatoms. The lowest BCUT2D eigenvalue weighted by atomic mass is 9.97. The van der Waals surface area contributed by atoms with Gasteiger partial charge in [0.05, 0.1) is 0 Å². The lowest BCUT2D eigenvalue weighted by Crippen LogP contribution is -2.62. The Bertz CT molecular complexity index is 1960. The molecular formula is C47H63N7O7. The molecule has 61 heavy (non-hydrogen) atoms. The number of carbonyl (C=O) groups is 7. The summed E-state index contributed by atoms with van der Waals surface area (Å²) in [5, 5.41) is 19.8. The summed E-state index contributed by atoms with van der Waals surface area (Å²) in [6.45, 7) is 14.0. The first-order valence-corrected chi connectivity index (χ1v) is 21.2. The lowest BCUT2D eigenvalue weighted by molar-refractivity contribution is -0.136. The van der Waals surface area contributed by atoms with Crippen LogP contribution in [-0.2, 0) is 52.8 Å². The van der Waals surface area contributed by atoms with Gasteiger partial charge in [0.2, 0.25) is 41.4 Å². The van der Waals surface area contributed by atoms with Crippen LogP contribution in [0, 0.1) is 23.7 Å². The molecule has 3 aromatic rings. The van der Waals surface area contributed by atoms with Crippen molar-refractivity contribution in [2.75, 3.05) is 0 Å². The fourth-order valence-corrected chi connectivity index (χ4v) is 7.11. The van der Waals surface area contributed by atoms with Gasteiger partial charge in [-0.15, -0.1) is 0 Å². The maximum Gasteiger partial charge on any atom is 0.243 e. The third kappa shape index (κ3) is 14.0. The number of rotatable bonds is 10. The summed E-state index contributed by atoms with van der Waals surface area (Å²) in [6.07, 6.45) is 0.168. The molecule has 0 aliphatic carbocycles. The SMILES string of the molecule is CC(C)C1NC(=O)C(Cc2ccccc2)NC(=O)C(C(C)C)NC(=O)C(C(C)C)NC(=O)C(C(C)C)NC(=O)C(Cc2ccccc2)NC(=O)C(Cc2ccccc2)NC1=O. The van der Waals surface area contributed by atoms with Crippen molar-refractivity contribution in [3.05, 3.63) is 108 Å². The highest BCUT2D eigenvalue weighted by Gasteiger charge is 2.38. The van der Waals surface area contributed by atoms with Gasteiger partial charge in [-0.05, 0) is 40.4 Å². The number of carbonyl (C=O) groups excluding carboxylic acids is 7. The van der Waals surface area contributed by atoms with Crippen LogP contribution < -0.4 is 37.2 Å². The van der Waals surface area contributed by atoms with Crippen LogP contribution >= 0.6 is 0 Å². The minimum Gasteiger partial charge on any atom is -0.342 e. The molecule has 1 aliphatic heterocycles. The molecular weight excluding hydrogens is 775 g/mol. The van der Waals surface area contributed by atoms with Gasteiger partial charge in [-0.1, -0.05) is 146 Å². The zero-order chi connectivity index (χ0) is 44.8. The molecule has 4 rings (SSSR count). The topological polar surface area (TPSA) is 204 Å². The van der Waals surface area contributed by atoms with Gasteiger partial charge in [-0.25, -0.2) is 0 Å². The highest BCUT2D eigenvalue weighted by atomic mass is 16.2. The van der Waals surface area contributed by atoms with Crippen molar-refractivity contribution < 1.29 is 33.6 Å². The van der Waals surface area contributed by atoms with Crippen LogP contribution in [0.15, 0.2) is 91.0 Å². The van der Waals surface area contributed by atoms with E-state index in [9.17, 15) is 33.6 Å². The molecule has 14 nitrogen and oxygen atoms in total. The van der Waals surface area contributed by atoms with E-state index in [4.69, 9.17) is 0 Å². The van der Waals surface area contributed by atoms with Crippen molar-refractivity contribution in [3.63, 3.8) is 0 Å². The van der Waals surface area contributed by atoms with Crippen LogP contribution in [0.5, 0.6) is 0 Å². The molecule has 1 heterocycles. The fraction of sp³-hybridized carbons (Fsp3) is 0.468. The first kappa shape index (κ1) is 47.6. The first-order chi connectivity index (χ1) is 28.9. The molecule has 7 amide bonds. The van der Waals surface area contributed by atoms with Gasteiger partial charge in [-0.2, -0.15) is 0 Å². The smallest absolute Gasteiger partial charge is 0.243 e. The highest BCUT2D eigenvalue weighted by Crippen LogP contribution is 2.14.